The smallest absolute Gasteiger partial charge is 0.415 e. The van der Waals surface area contributed by atoms with Gasteiger partial charge >= 0.3 is 6.09 Å². The maximum atomic E-state index is 13.1. The Balaban J connectivity index is 1.65. The Labute approximate surface area is 220 Å². The van der Waals surface area contributed by atoms with E-state index in [2.05, 4.69) is 25.4 Å². The van der Waals surface area contributed by atoms with Crippen LogP contribution in [0.25, 0.3) is 0 Å². The van der Waals surface area contributed by atoms with Gasteiger partial charge in [0.2, 0.25) is 0 Å². The number of ether oxygens (including phenoxy) is 2. The van der Waals surface area contributed by atoms with E-state index in [0.717, 1.165) is 21.9 Å². The van der Waals surface area contributed by atoms with Crippen LogP contribution in [-0.4, -0.2) is 36.4 Å². The van der Waals surface area contributed by atoms with E-state index in [0.29, 0.717) is 6.61 Å². The summed E-state index contributed by atoms with van der Waals surface area (Å²) in [5.41, 5.74) is 6.28. The molecule has 6 heteroatoms. The first-order valence-electron chi connectivity index (χ1n) is 12.7. The molecule has 1 aliphatic rings. The second kappa shape index (κ2) is 11.8. The average Bonchev–Trinajstić information content (AvgIpc) is 3.24. The van der Waals surface area contributed by atoms with Crippen molar-refractivity contribution >= 4 is 14.2 Å². The molecule has 4 rings (SSSR count). The van der Waals surface area contributed by atoms with E-state index < -0.39 is 32.5 Å². The van der Waals surface area contributed by atoms with Gasteiger partial charge in [-0.25, -0.2) is 4.79 Å². The topological polar surface area (TPSA) is 59.0 Å². The van der Waals surface area contributed by atoms with Crippen LogP contribution in [0.5, 0.6) is 0 Å². The molecular weight excluding hydrogens is 478 g/mol. The van der Waals surface area contributed by atoms with Gasteiger partial charge in [0, 0.05) is 0 Å². The highest BCUT2D eigenvalue weighted by Crippen LogP contribution is 2.43. The van der Waals surface area contributed by atoms with Gasteiger partial charge in [0.1, 0.15) is 12.1 Å². The Morgan fingerprint density at radius 3 is 2.08 bits per heavy atom. The molecule has 1 aliphatic heterocycles. The molecule has 3 aromatic carbocycles. The summed E-state index contributed by atoms with van der Waals surface area (Å²) >= 11 is 0. The third-order valence-corrected chi connectivity index (χ3v) is 8.61. The number of nitrogens with zero attached hydrogens (tertiary/aromatic N) is 1. The van der Waals surface area contributed by atoms with Gasteiger partial charge in [-0.1, -0.05) is 111 Å². The molecular formula is C31H35NO4Si. The van der Waals surface area contributed by atoms with Crippen molar-refractivity contribution in [2.45, 2.75) is 57.5 Å². The predicted molar refractivity (Wildman–Crippen MR) is 148 cm³/mol. The van der Waals surface area contributed by atoms with Crippen molar-refractivity contribution in [1.82, 2.24) is 4.90 Å². The van der Waals surface area contributed by atoms with Crippen LogP contribution >= 0.6 is 0 Å². The summed E-state index contributed by atoms with van der Waals surface area (Å²) in [7, 11) is -2.03. The molecule has 3 aromatic rings. The van der Waals surface area contributed by atoms with E-state index in [4.69, 9.17) is 9.47 Å². The molecule has 192 valence electrons. The molecule has 0 aliphatic carbocycles. The Bertz CT molecular complexity index is 1230. The molecule has 0 unspecified atom stereocenters. The molecule has 1 amide bonds. The zero-order valence-electron chi connectivity index (χ0n) is 21.9. The summed E-state index contributed by atoms with van der Waals surface area (Å²) < 4.78 is 11.9. The highest BCUT2D eigenvalue weighted by atomic mass is 28.3. The van der Waals surface area contributed by atoms with Crippen LogP contribution in [0.3, 0.4) is 0 Å². The van der Waals surface area contributed by atoms with Crippen LogP contribution in [-0.2, 0) is 16.1 Å². The van der Waals surface area contributed by atoms with Gasteiger partial charge in [-0.15, -0.1) is 5.73 Å². The molecule has 0 radical (unpaired) electrons. The standard InChI is InChI=1S/C31H35NO4Si/c1-23(35-22-24-14-8-5-9-15-24)29(33)27(37(2,3)4)20-21-32-28(25-16-10-6-11-17-25)30(36-31(32)34)26-18-12-7-13-19-26/h5-19,21,23,28-30,33H,22H2,1-4H3/t20?,23-,28+,29+,30-/m1/s1. The van der Waals surface area contributed by atoms with Gasteiger partial charge < -0.3 is 14.6 Å². The summed E-state index contributed by atoms with van der Waals surface area (Å²) in [6.45, 7) is 8.74. The maximum absolute atomic E-state index is 13.1. The fourth-order valence-electron chi connectivity index (χ4n) is 4.52. The number of aliphatic hydroxyl groups excluding tert-OH is 1. The number of aliphatic hydroxyl groups is 1. The van der Waals surface area contributed by atoms with E-state index in [-0.39, 0.29) is 6.04 Å². The van der Waals surface area contributed by atoms with Gasteiger partial charge in [-0.3, -0.25) is 4.90 Å². The summed E-state index contributed by atoms with van der Waals surface area (Å²) in [4.78, 5) is 14.7. The number of hydrogen-bond acceptors (Lipinski definition) is 4. The van der Waals surface area contributed by atoms with E-state index in [9.17, 15) is 9.90 Å². The minimum Gasteiger partial charge on any atom is -0.438 e. The van der Waals surface area contributed by atoms with Crippen LogP contribution in [0, 0.1) is 0 Å². The first-order chi connectivity index (χ1) is 17.8. The molecule has 0 spiro atoms. The van der Waals surface area contributed by atoms with E-state index in [1.54, 1.807) is 11.1 Å². The summed E-state index contributed by atoms with van der Waals surface area (Å²) in [5, 5.41) is 12.1. The predicted octanol–water partition coefficient (Wildman–Crippen LogP) is 6.80. The second-order valence-corrected chi connectivity index (χ2v) is 15.4. The van der Waals surface area contributed by atoms with Crippen LogP contribution in [0.1, 0.15) is 35.8 Å². The van der Waals surface area contributed by atoms with Gasteiger partial charge in [-0.2, -0.15) is 0 Å². The average molecular weight is 514 g/mol. The number of hydrogen-bond donors (Lipinski definition) is 1. The molecule has 5 nitrogen and oxygen atoms in total. The van der Waals surface area contributed by atoms with Gasteiger partial charge in [0.15, 0.2) is 6.10 Å². The zero-order valence-corrected chi connectivity index (χ0v) is 22.9. The summed E-state index contributed by atoms with van der Waals surface area (Å²) in [5.74, 6) is 0. The minimum absolute atomic E-state index is 0.351. The van der Waals surface area contributed by atoms with Crippen LogP contribution in [0.15, 0.2) is 108 Å². The van der Waals surface area contributed by atoms with Crippen LogP contribution in [0.4, 0.5) is 4.79 Å². The highest BCUT2D eigenvalue weighted by Gasteiger charge is 2.43. The summed E-state index contributed by atoms with van der Waals surface area (Å²) in [6.07, 6.45) is -0.514. The Kier molecular flexibility index (Phi) is 8.47. The Hall–Kier alpha value is -3.41. The normalized spacial score (nSPS) is 19.1. The van der Waals surface area contributed by atoms with Crippen LogP contribution in [0.2, 0.25) is 19.6 Å². The lowest BCUT2D eigenvalue weighted by Crippen LogP contribution is -2.38. The molecule has 1 heterocycles. The fraction of sp³-hybridized carbons (Fsp3) is 0.290. The number of cyclic esters (lactones) is 1. The van der Waals surface area contributed by atoms with E-state index >= 15 is 0 Å². The molecule has 1 N–H and O–H groups in total. The molecule has 0 bridgehead atoms. The van der Waals surface area contributed by atoms with Crippen molar-refractivity contribution in [3.05, 3.63) is 125 Å². The van der Waals surface area contributed by atoms with Crippen molar-refractivity contribution < 1.29 is 19.4 Å². The van der Waals surface area contributed by atoms with Crippen molar-refractivity contribution in [1.29, 1.82) is 0 Å². The first kappa shape index (κ1) is 26.6. The maximum Gasteiger partial charge on any atom is 0.415 e. The minimum atomic E-state index is -2.03. The molecule has 0 aromatic heterocycles. The van der Waals surface area contributed by atoms with Gasteiger partial charge in [0.25, 0.3) is 0 Å². The second-order valence-electron chi connectivity index (χ2n) is 10.4. The molecule has 0 saturated carbocycles. The monoisotopic (exact) mass is 513 g/mol. The number of carbonyl (C=O) groups excluding carboxylic acids is 1. The molecule has 1 saturated heterocycles. The zero-order chi connectivity index (χ0) is 26.4. The number of amides is 1. The lowest BCUT2D eigenvalue weighted by atomic mass is 9.96. The van der Waals surface area contributed by atoms with Crippen molar-refractivity contribution in [2.75, 3.05) is 0 Å². The van der Waals surface area contributed by atoms with E-state index in [1.165, 1.54) is 0 Å². The Morgan fingerprint density at radius 1 is 0.973 bits per heavy atom. The lowest BCUT2D eigenvalue weighted by Gasteiger charge is -2.28. The quantitative estimate of drug-likeness (QED) is 0.252. The first-order valence-corrected chi connectivity index (χ1v) is 16.2. The van der Waals surface area contributed by atoms with Crippen molar-refractivity contribution in [3.63, 3.8) is 0 Å². The van der Waals surface area contributed by atoms with Crippen molar-refractivity contribution in [3.8, 4) is 0 Å². The number of carbonyl (C=O) groups is 1. The third-order valence-electron chi connectivity index (χ3n) is 6.56. The van der Waals surface area contributed by atoms with E-state index in [1.807, 2.05) is 97.9 Å². The van der Waals surface area contributed by atoms with Crippen molar-refractivity contribution in [2.24, 2.45) is 0 Å². The SMILES string of the molecule is C[C@@H](OCc1ccccc1)[C@H](O)C(=C=CN1C(=O)O[C@H](c2ccccc2)[C@@H]1c1ccccc1)[Si](C)(C)C. The number of rotatable bonds is 9. The molecule has 4 atom stereocenters. The van der Waals surface area contributed by atoms with Gasteiger partial charge in [-0.05, 0) is 28.8 Å². The van der Waals surface area contributed by atoms with Crippen LogP contribution < -0.4 is 0 Å². The largest absolute Gasteiger partial charge is 0.438 e. The highest BCUT2D eigenvalue weighted by molar-refractivity contribution is 6.83. The third kappa shape index (κ3) is 6.48. The summed E-state index contributed by atoms with van der Waals surface area (Å²) in [6, 6.07) is 29.2. The Morgan fingerprint density at radius 2 is 1.51 bits per heavy atom. The molecule has 1 fully saturated rings. The lowest BCUT2D eigenvalue weighted by molar-refractivity contribution is -0.0174. The number of benzene rings is 3. The molecule has 37 heavy (non-hydrogen) atoms. The van der Waals surface area contributed by atoms with Gasteiger partial charge in [0.05, 0.1) is 27.0 Å². The fourth-order valence-corrected chi connectivity index (χ4v) is 6.14.